The Labute approximate surface area is 432 Å². The lowest BCUT2D eigenvalue weighted by Crippen LogP contribution is -2.17. The third-order valence-corrected chi connectivity index (χ3v) is 14.6. The lowest BCUT2D eigenvalue weighted by atomic mass is 9.80. The van der Waals surface area contributed by atoms with Gasteiger partial charge in [0, 0.05) is 63.8 Å². The Morgan fingerprint density at radius 2 is 1.14 bits per heavy atom. The van der Waals surface area contributed by atoms with Crippen molar-refractivity contribution in [1.29, 1.82) is 5.26 Å². The Kier molecular flexibility index (Phi) is 10.7. The van der Waals surface area contributed by atoms with E-state index in [-0.39, 0.29) is 16.2 Å². The fraction of sp³-hybridized carbons (Fsp3) is 0.179. The number of benzene rings is 8. The van der Waals surface area contributed by atoms with Gasteiger partial charge in [0.05, 0.1) is 45.3 Å². The van der Waals surface area contributed by atoms with Crippen LogP contribution in [0.5, 0.6) is 11.5 Å². The summed E-state index contributed by atoms with van der Waals surface area (Å²) in [6.45, 7) is 20.4. The monoisotopic (exact) mass is 962 g/mol. The van der Waals surface area contributed by atoms with Gasteiger partial charge >= 0.3 is 11.7 Å². The number of nitrogens with zero attached hydrogens (tertiary/aromatic N) is 6. The molecule has 360 valence electrons. The largest absolute Gasteiger partial charge is 0.503 e. The molecule has 0 N–H and O–H groups in total. The summed E-state index contributed by atoms with van der Waals surface area (Å²) in [5.74, 6) is 2.18. The Bertz CT molecular complexity index is 4140. The Hall–Kier alpha value is -8.82. The minimum absolute atomic E-state index is 0.0711. The molecule has 3 aromatic heterocycles. The van der Waals surface area contributed by atoms with Crippen molar-refractivity contribution in [3.05, 3.63) is 210 Å². The van der Waals surface area contributed by atoms with Crippen molar-refractivity contribution in [3.63, 3.8) is 0 Å². The van der Waals surface area contributed by atoms with Gasteiger partial charge in [0.15, 0.2) is 0 Å². The number of aromatic nitrogens is 3. The van der Waals surface area contributed by atoms with Crippen LogP contribution in [-0.4, -0.2) is 20.1 Å². The molecule has 7 nitrogen and oxygen atoms in total. The van der Waals surface area contributed by atoms with Crippen LogP contribution < -0.4 is 13.9 Å². The van der Waals surface area contributed by atoms with Crippen molar-refractivity contribution >= 4 is 72.4 Å². The van der Waals surface area contributed by atoms with Gasteiger partial charge in [0.1, 0.15) is 17.3 Å². The van der Waals surface area contributed by atoms with Gasteiger partial charge in [0.2, 0.25) is 11.4 Å². The van der Waals surface area contributed by atoms with E-state index in [1.165, 1.54) is 38.5 Å². The molecule has 7 heteroatoms. The summed E-state index contributed by atoms with van der Waals surface area (Å²) >= 11 is 0. The number of hydrogen-bond acceptors (Lipinski definition) is 3. The maximum Gasteiger partial charge on any atom is 0.503 e. The first-order valence-electron chi connectivity index (χ1n) is 25.5. The SMILES string of the molecule is CC(C)(C)c1cc([N+]2=C=[N+](c3cccc(Oc4ccc5c6cc(C#N)ccc6n(-c6cc(C(C)(C)C)ccn6)c5c4)c3)c3cccc(-c4cccc(-n5c6ccccc6c6ccccc65)c4)c32)cc(C(C)(C)C)c1. The highest BCUT2D eigenvalue weighted by molar-refractivity contribution is 6.11. The highest BCUT2D eigenvalue weighted by Crippen LogP contribution is 2.46. The molecule has 0 spiro atoms. The van der Waals surface area contributed by atoms with Crippen molar-refractivity contribution in [1.82, 2.24) is 23.3 Å². The molecule has 0 unspecified atom stereocenters. The fourth-order valence-electron chi connectivity index (χ4n) is 10.6. The van der Waals surface area contributed by atoms with Gasteiger partial charge in [-0.3, -0.25) is 4.57 Å². The van der Waals surface area contributed by atoms with Gasteiger partial charge in [-0.25, -0.2) is 4.98 Å². The summed E-state index contributed by atoms with van der Waals surface area (Å²) in [5.41, 5.74) is 15.6. The van der Waals surface area contributed by atoms with Crippen LogP contribution >= 0.6 is 0 Å². The predicted octanol–water partition coefficient (Wildman–Crippen LogP) is 17.4. The summed E-state index contributed by atoms with van der Waals surface area (Å²) in [4.78, 5) is 4.89. The third kappa shape index (κ3) is 7.96. The number of pyridine rings is 1. The topological polar surface area (TPSA) is 61.8 Å². The zero-order valence-corrected chi connectivity index (χ0v) is 43.5. The maximum atomic E-state index is 9.90. The van der Waals surface area contributed by atoms with Gasteiger partial charge < -0.3 is 9.30 Å². The lowest BCUT2D eigenvalue weighted by molar-refractivity contribution is 0.483. The van der Waals surface area contributed by atoms with E-state index in [1.54, 1.807) is 0 Å². The number of nitriles is 1. The van der Waals surface area contributed by atoms with E-state index in [9.17, 15) is 5.26 Å². The van der Waals surface area contributed by atoms with Gasteiger partial charge in [-0.2, -0.15) is 5.26 Å². The molecule has 0 atom stereocenters. The van der Waals surface area contributed by atoms with Crippen LogP contribution in [-0.2, 0) is 16.2 Å². The van der Waals surface area contributed by atoms with E-state index in [0.29, 0.717) is 17.1 Å². The van der Waals surface area contributed by atoms with Crippen molar-refractivity contribution in [2.45, 2.75) is 78.6 Å². The molecule has 74 heavy (non-hydrogen) atoms. The number of ether oxygens (including phenoxy) is 1. The molecule has 1 aliphatic heterocycles. The molecule has 4 heterocycles. The molecule has 1 aliphatic rings. The minimum Gasteiger partial charge on any atom is -0.457 e. The van der Waals surface area contributed by atoms with E-state index in [4.69, 9.17) is 9.72 Å². The van der Waals surface area contributed by atoms with E-state index >= 15 is 0 Å². The van der Waals surface area contributed by atoms with Crippen LogP contribution in [0.1, 0.15) is 84.6 Å². The molecule has 11 aromatic rings. The van der Waals surface area contributed by atoms with Gasteiger partial charge in [-0.05, 0) is 127 Å². The van der Waals surface area contributed by atoms with Crippen LogP contribution in [0.15, 0.2) is 188 Å². The molecular formula is C67H58N6O+2. The van der Waals surface area contributed by atoms with Crippen LogP contribution in [0, 0.1) is 11.3 Å². The first-order valence-corrected chi connectivity index (χ1v) is 25.5. The molecule has 0 amide bonds. The summed E-state index contributed by atoms with van der Waals surface area (Å²) in [6, 6.07) is 70.7. The van der Waals surface area contributed by atoms with Crippen molar-refractivity contribution in [2.24, 2.45) is 0 Å². The Balaban J connectivity index is 1.01. The number of hydrogen-bond donors (Lipinski definition) is 0. The summed E-state index contributed by atoms with van der Waals surface area (Å²) < 4.78 is 15.9. The molecule has 12 rings (SSSR count). The van der Waals surface area contributed by atoms with E-state index in [0.717, 1.165) is 67.2 Å². The number of rotatable bonds is 7. The Morgan fingerprint density at radius 3 is 1.84 bits per heavy atom. The van der Waals surface area contributed by atoms with E-state index in [1.807, 2.05) is 42.6 Å². The highest BCUT2D eigenvalue weighted by Gasteiger charge is 2.40. The first kappa shape index (κ1) is 46.3. The molecule has 0 saturated carbocycles. The highest BCUT2D eigenvalue weighted by atomic mass is 16.5. The quantitative estimate of drug-likeness (QED) is 0.150. The molecule has 0 radical (unpaired) electrons. The van der Waals surface area contributed by atoms with Crippen LogP contribution in [0.3, 0.4) is 0 Å². The standard InChI is InChI=1S/C67H58N6O/c1-65(2,3)45-31-32-69-63(38-45)73-60-30-27-43(41-68)33-57(60)56-29-28-52(40-62(56)73)74-51-20-15-18-48(39-51)70-42-71(50-36-46(66(4,5)6)35-47(37-50)67(7,8)9)64-53(23-16-26-61(64)70)44-17-14-19-49(34-44)72-58-24-12-10-21-54(58)55-22-11-13-25-59(55)72/h10-40H,1-9H3/q+2. The molecule has 0 saturated heterocycles. The second-order valence-electron chi connectivity index (χ2n) is 22.7. The molecule has 0 fully saturated rings. The van der Waals surface area contributed by atoms with Crippen LogP contribution in [0.2, 0.25) is 0 Å². The van der Waals surface area contributed by atoms with E-state index in [2.05, 4.69) is 238 Å². The zero-order valence-electron chi connectivity index (χ0n) is 43.5. The zero-order chi connectivity index (χ0) is 51.3. The minimum atomic E-state index is -0.0932. The van der Waals surface area contributed by atoms with Crippen molar-refractivity contribution in [3.8, 4) is 40.2 Å². The third-order valence-electron chi connectivity index (χ3n) is 14.6. The smallest absolute Gasteiger partial charge is 0.457 e. The van der Waals surface area contributed by atoms with Gasteiger partial charge in [0.25, 0.3) is 5.69 Å². The first-order chi connectivity index (χ1) is 35.5. The molecule has 8 aromatic carbocycles. The summed E-state index contributed by atoms with van der Waals surface area (Å²) in [7, 11) is 0. The summed E-state index contributed by atoms with van der Waals surface area (Å²) in [5, 5.41) is 14.4. The van der Waals surface area contributed by atoms with Crippen molar-refractivity contribution < 1.29 is 4.74 Å². The number of para-hydroxylation sites is 3. The van der Waals surface area contributed by atoms with Gasteiger partial charge in [-0.15, -0.1) is 0 Å². The average Bonchev–Trinajstić information content (AvgIpc) is 4.06. The number of fused-ring (bicyclic) bond motifs is 7. The van der Waals surface area contributed by atoms with Crippen LogP contribution in [0.25, 0.3) is 66.2 Å². The Morgan fingerprint density at radius 1 is 0.486 bits per heavy atom. The average molecular weight is 963 g/mol. The second kappa shape index (κ2) is 17.2. The maximum absolute atomic E-state index is 9.90. The van der Waals surface area contributed by atoms with Crippen molar-refractivity contribution in [2.75, 3.05) is 0 Å². The fourth-order valence-corrected chi connectivity index (χ4v) is 10.6. The molecule has 0 bridgehead atoms. The molecule has 0 aliphatic carbocycles. The molecular weight excluding hydrogens is 905 g/mol. The van der Waals surface area contributed by atoms with Crippen LogP contribution in [0.4, 0.5) is 22.7 Å². The predicted molar refractivity (Wildman–Crippen MR) is 306 cm³/mol. The second-order valence-corrected chi connectivity index (χ2v) is 22.7. The van der Waals surface area contributed by atoms with Gasteiger partial charge in [-0.1, -0.05) is 129 Å². The normalized spacial score (nSPS) is 12.9. The summed E-state index contributed by atoms with van der Waals surface area (Å²) in [6.07, 6.45) is 1.88. The lowest BCUT2D eigenvalue weighted by Gasteiger charge is -2.24. The van der Waals surface area contributed by atoms with E-state index < -0.39 is 0 Å².